The quantitative estimate of drug-likeness (QED) is 0.567. The molecule has 4 nitrogen and oxygen atoms in total. The Morgan fingerprint density at radius 1 is 1.67 bits per heavy atom. The van der Waals surface area contributed by atoms with Crippen molar-refractivity contribution in [2.24, 2.45) is 5.73 Å². The molecule has 0 heterocycles. The number of hydrogen-bond acceptors (Lipinski definition) is 2. The van der Waals surface area contributed by atoms with Crippen LogP contribution in [-0.4, -0.2) is 24.7 Å². The smallest absolute Gasteiger partial charge is 0.315 e. The van der Waals surface area contributed by atoms with Crippen molar-refractivity contribution in [3.05, 3.63) is 0 Å². The highest BCUT2D eigenvalue weighted by atomic mass is 16.2. The van der Waals surface area contributed by atoms with E-state index in [0.29, 0.717) is 12.6 Å². The summed E-state index contributed by atoms with van der Waals surface area (Å²) in [5, 5.41) is 5.63. The van der Waals surface area contributed by atoms with E-state index >= 15 is 0 Å². The van der Waals surface area contributed by atoms with Crippen LogP contribution in [0, 0.1) is 0 Å². The molecule has 0 aliphatic heterocycles. The Morgan fingerprint density at radius 2 is 2.33 bits per heavy atom. The van der Waals surface area contributed by atoms with E-state index < -0.39 is 0 Å². The van der Waals surface area contributed by atoms with E-state index in [9.17, 15) is 4.79 Å². The van der Waals surface area contributed by atoms with Crippen LogP contribution in [0.1, 0.15) is 26.2 Å². The number of urea groups is 1. The number of carbonyl (C=O) groups is 1. The largest absolute Gasteiger partial charge is 0.335 e. The lowest BCUT2D eigenvalue weighted by molar-refractivity contribution is 0.225. The fourth-order valence-electron chi connectivity index (χ4n) is 1.06. The van der Waals surface area contributed by atoms with Gasteiger partial charge in [0, 0.05) is 18.6 Å². The summed E-state index contributed by atoms with van der Waals surface area (Å²) in [4.78, 5) is 11.1. The Kier molecular flexibility index (Phi) is 3.34. The van der Waals surface area contributed by atoms with E-state index in [-0.39, 0.29) is 12.1 Å². The van der Waals surface area contributed by atoms with E-state index in [1.54, 1.807) is 0 Å². The molecule has 0 spiro atoms. The lowest BCUT2D eigenvalue weighted by Crippen LogP contribution is -2.49. The van der Waals surface area contributed by atoms with Crippen molar-refractivity contribution < 1.29 is 4.79 Å². The lowest BCUT2D eigenvalue weighted by Gasteiger charge is -2.27. The van der Waals surface area contributed by atoms with E-state index in [0.717, 1.165) is 12.8 Å². The van der Waals surface area contributed by atoms with E-state index in [4.69, 9.17) is 5.73 Å². The topological polar surface area (TPSA) is 67.1 Å². The zero-order valence-corrected chi connectivity index (χ0v) is 7.47. The molecular weight excluding hydrogens is 154 g/mol. The zero-order valence-electron chi connectivity index (χ0n) is 7.47. The van der Waals surface area contributed by atoms with Gasteiger partial charge in [-0.1, -0.05) is 0 Å². The molecule has 0 aromatic heterocycles. The number of rotatable bonds is 3. The first-order valence-corrected chi connectivity index (χ1v) is 4.49. The van der Waals surface area contributed by atoms with Crippen molar-refractivity contribution in [2.75, 3.05) is 6.54 Å². The molecule has 1 saturated carbocycles. The molecule has 12 heavy (non-hydrogen) atoms. The van der Waals surface area contributed by atoms with Crippen molar-refractivity contribution in [1.82, 2.24) is 10.6 Å². The molecule has 0 bridgehead atoms. The van der Waals surface area contributed by atoms with Gasteiger partial charge >= 0.3 is 6.03 Å². The average Bonchev–Trinajstić information content (AvgIpc) is 1.97. The molecule has 0 aromatic rings. The predicted octanol–water partition coefficient (Wildman–Crippen LogP) is 0.185. The highest BCUT2D eigenvalue weighted by Gasteiger charge is 2.19. The number of nitrogens with one attached hydrogen (secondary N) is 2. The van der Waals surface area contributed by atoms with E-state index in [1.165, 1.54) is 6.42 Å². The van der Waals surface area contributed by atoms with Crippen LogP contribution in [0.2, 0.25) is 0 Å². The Bertz CT molecular complexity index is 148. The third-order valence-electron chi connectivity index (χ3n) is 2.17. The summed E-state index contributed by atoms with van der Waals surface area (Å²) in [6.07, 6.45) is 3.46. The van der Waals surface area contributed by atoms with Crippen LogP contribution in [0.4, 0.5) is 4.79 Å². The third kappa shape index (κ3) is 2.70. The molecule has 0 aromatic carbocycles. The van der Waals surface area contributed by atoms with Gasteiger partial charge in [-0.25, -0.2) is 4.79 Å². The van der Waals surface area contributed by atoms with Crippen LogP contribution in [0.3, 0.4) is 0 Å². The number of amides is 2. The summed E-state index contributed by atoms with van der Waals surface area (Å²) < 4.78 is 0. The molecular formula is C8H17N3O. The molecule has 1 atom stereocenters. The molecule has 1 fully saturated rings. The fraction of sp³-hybridized carbons (Fsp3) is 0.875. The van der Waals surface area contributed by atoms with Crippen LogP contribution >= 0.6 is 0 Å². The molecule has 70 valence electrons. The second kappa shape index (κ2) is 4.30. The van der Waals surface area contributed by atoms with Gasteiger partial charge in [-0.05, 0) is 26.2 Å². The normalized spacial score (nSPS) is 19.5. The van der Waals surface area contributed by atoms with Gasteiger partial charge in [0.15, 0.2) is 0 Å². The van der Waals surface area contributed by atoms with Gasteiger partial charge in [0.2, 0.25) is 0 Å². The third-order valence-corrected chi connectivity index (χ3v) is 2.17. The van der Waals surface area contributed by atoms with Crippen molar-refractivity contribution in [3.8, 4) is 0 Å². The SMILES string of the molecule is CC(CN)NC(=O)NC1CCC1. The molecule has 1 rings (SSSR count). The van der Waals surface area contributed by atoms with Gasteiger partial charge in [0.1, 0.15) is 0 Å². The minimum Gasteiger partial charge on any atom is -0.335 e. The summed E-state index contributed by atoms with van der Waals surface area (Å²) in [6, 6.07) is 0.373. The van der Waals surface area contributed by atoms with Crippen LogP contribution < -0.4 is 16.4 Å². The average molecular weight is 171 g/mol. The van der Waals surface area contributed by atoms with E-state index in [2.05, 4.69) is 10.6 Å². The summed E-state index contributed by atoms with van der Waals surface area (Å²) in [5.74, 6) is 0. The fourth-order valence-corrected chi connectivity index (χ4v) is 1.06. The van der Waals surface area contributed by atoms with Crippen LogP contribution in [0.5, 0.6) is 0 Å². The van der Waals surface area contributed by atoms with Gasteiger partial charge in [-0.2, -0.15) is 0 Å². The first kappa shape index (κ1) is 9.32. The van der Waals surface area contributed by atoms with Gasteiger partial charge in [-0.15, -0.1) is 0 Å². The van der Waals surface area contributed by atoms with Gasteiger partial charge in [-0.3, -0.25) is 0 Å². The summed E-state index contributed by atoms with van der Waals surface area (Å²) in [6.45, 7) is 2.37. The molecule has 4 heteroatoms. The summed E-state index contributed by atoms with van der Waals surface area (Å²) >= 11 is 0. The maximum absolute atomic E-state index is 11.1. The molecule has 0 radical (unpaired) electrons. The predicted molar refractivity (Wildman–Crippen MR) is 47.8 cm³/mol. The van der Waals surface area contributed by atoms with E-state index in [1.807, 2.05) is 6.92 Å². The van der Waals surface area contributed by atoms with Crippen LogP contribution in [0.15, 0.2) is 0 Å². The first-order valence-electron chi connectivity index (χ1n) is 4.49. The highest BCUT2D eigenvalue weighted by Crippen LogP contribution is 2.17. The zero-order chi connectivity index (χ0) is 8.97. The molecule has 0 saturated heterocycles. The molecule has 1 unspecified atom stereocenters. The Morgan fingerprint density at radius 3 is 2.75 bits per heavy atom. The number of hydrogen-bond donors (Lipinski definition) is 3. The van der Waals surface area contributed by atoms with Crippen molar-refractivity contribution >= 4 is 6.03 Å². The van der Waals surface area contributed by atoms with Crippen LogP contribution in [0.25, 0.3) is 0 Å². The maximum Gasteiger partial charge on any atom is 0.315 e. The van der Waals surface area contributed by atoms with Crippen molar-refractivity contribution in [1.29, 1.82) is 0 Å². The lowest BCUT2D eigenvalue weighted by atomic mass is 9.93. The monoisotopic (exact) mass is 171 g/mol. The molecule has 1 aliphatic rings. The van der Waals surface area contributed by atoms with Gasteiger partial charge in [0.05, 0.1) is 0 Å². The number of nitrogens with two attached hydrogens (primary N) is 1. The maximum atomic E-state index is 11.1. The minimum atomic E-state index is -0.0855. The molecule has 4 N–H and O–H groups in total. The summed E-state index contributed by atoms with van der Waals surface area (Å²) in [5.41, 5.74) is 5.36. The van der Waals surface area contributed by atoms with Crippen molar-refractivity contribution in [3.63, 3.8) is 0 Å². The number of carbonyl (C=O) groups excluding carboxylic acids is 1. The Balaban J connectivity index is 2.10. The standard InChI is InChI=1S/C8H17N3O/c1-6(5-9)10-8(12)11-7-3-2-4-7/h6-7H,2-5,9H2,1H3,(H2,10,11,12). The summed E-state index contributed by atoms with van der Waals surface area (Å²) in [7, 11) is 0. The molecule has 2 amide bonds. The second-order valence-corrected chi connectivity index (χ2v) is 3.38. The Labute approximate surface area is 72.9 Å². The van der Waals surface area contributed by atoms with Gasteiger partial charge < -0.3 is 16.4 Å². The minimum absolute atomic E-state index is 0.0603. The Hall–Kier alpha value is -0.770. The highest BCUT2D eigenvalue weighted by molar-refractivity contribution is 5.74. The van der Waals surface area contributed by atoms with Gasteiger partial charge in [0.25, 0.3) is 0 Å². The second-order valence-electron chi connectivity index (χ2n) is 3.38. The first-order chi connectivity index (χ1) is 5.72. The molecule has 1 aliphatic carbocycles. The van der Waals surface area contributed by atoms with Crippen molar-refractivity contribution in [2.45, 2.75) is 38.3 Å². The van der Waals surface area contributed by atoms with Crippen LogP contribution in [-0.2, 0) is 0 Å².